The Kier molecular flexibility index (Phi) is 8.55. The second kappa shape index (κ2) is 12.1. The summed E-state index contributed by atoms with van der Waals surface area (Å²) >= 11 is 8.55. The number of aromatic carboxylic acids is 1. The summed E-state index contributed by atoms with van der Waals surface area (Å²) in [6, 6.07) is 13.8. The van der Waals surface area contributed by atoms with Crippen LogP contribution in [0.4, 0.5) is 15.8 Å². The molecule has 0 bridgehead atoms. The quantitative estimate of drug-likeness (QED) is 0.193. The fourth-order valence-electron chi connectivity index (χ4n) is 3.63. The summed E-state index contributed by atoms with van der Waals surface area (Å²) in [5, 5.41) is 14.1. The zero-order valence-electron chi connectivity index (χ0n) is 20.6. The molecule has 1 heterocycles. The van der Waals surface area contributed by atoms with Gasteiger partial charge in [-0.05, 0) is 78.5 Å². The van der Waals surface area contributed by atoms with Gasteiger partial charge in [0.25, 0.3) is 17.7 Å². The number of benzene rings is 3. The van der Waals surface area contributed by atoms with Crippen molar-refractivity contribution in [2.24, 2.45) is 0 Å². The van der Waals surface area contributed by atoms with Crippen molar-refractivity contribution in [1.29, 1.82) is 0 Å². The lowest BCUT2D eigenvalue weighted by Gasteiger charge is -2.29. The maximum Gasteiger partial charge on any atom is 0.335 e. The zero-order valence-corrected chi connectivity index (χ0v) is 23.0. The normalized spacial score (nSPS) is 14.1. The SMILES string of the molecule is COc1cc(C=C2C(=O)NC(=S)N(c3cccc(C(=O)O)c3)C2=O)c(Br)cc1OCC(=O)Nc1ccc(F)cc1. The van der Waals surface area contributed by atoms with Crippen LogP contribution in [0.5, 0.6) is 11.5 Å². The van der Waals surface area contributed by atoms with Crippen LogP contribution in [-0.2, 0) is 14.4 Å². The summed E-state index contributed by atoms with van der Waals surface area (Å²) in [4.78, 5) is 50.7. The molecule has 3 aromatic rings. The summed E-state index contributed by atoms with van der Waals surface area (Å²) in [5.74, 6) is -3.24. The lowest BCUT2D eigenvalue weighted by Crippen LogP contribution is -2.54. The molecule has 0 spiro atoms. The molecule has 10 nitrogen and oxygen atoms in total. The predicted molar refractivity (Wildman–Crippen MR) is 151 cm³/mol. The number of ether oxygens (including phenoxy) is 2. The van der Waals surface area contributed by atoms with Gasteiger partial charge in [-0.1, -0.05) is 22.0 Å². The molecular formula is C27H19BrFN3O7S. The Morgan fingerprint density at radius 3 is 2.52 bits per heavy atom. The van der Waals surface area contributed by atoms with Crippen LogP contribution in [-0.4, -0.2) is 47.6 Å². The van der Waals surface area contributed by atoms with Crippen LogP contribution in [0.25, 0.3) is 6.08 Å². The fourth-order valence-corrected chi connectivity index (χ4v) is 4.35. The minimum atomic E-state index is -1.19. The molecule has 3 amide bonds. The summed E-state index contributed by atoms with van der Waals surface area (Å²) in [5.41, 5.74) is 0.587. The first kappa shape index (κ1) is 28.4. The molecule has 0 aromatic heterocycles. The maximum atomic E-state index is 13.3. The van der Waals surface area contributed by atoms with Gasteiger partial charge >= 0.3 is 5.97 Å². The largest absolute Gasteiger partial charge is 0.493 e. The number of carboxylic acid groups (broad SMARTS) is 1. The van der Waals surface area contributed by atoms with E-state index in [1.54, 1.807) is 0 Å². The Hall–Kier alpha value is -4.62. The van der Waals surface area contributed by atoms with E-state index in [1.165, 1.54) is 73.8 Å². The van der Waals surface area contributed by atoms with Gasteiger partial charge in [0.05, 0.1) is 18.4 Å². The molecule has 3 N–H and O–H groups in total. The number of methoxy groups -OCH3 is 1. The standard InChI is InChI=1S/C27H19BrFN3O7S/c1-38-21-11-15(20(28)12-22(21)39-13-23(33)30-17-7-5-16(29)6-8-17)10-19-24(34)31-27(40)32(25(19)35)18-4-2-3-14(9-18)26(36)37/h2-12H,13H2,1H3,(H,30,33)(H,36,37)(H,31,34,40). The number of rotatable bonds is 8. The van der Waals surface area contributed by atoms with Crippen molar-refractivity contribution in [2.45, 2.75) is 0 Å². The van der Waals surface area contributed by atoms with E-state index in [4.69, 9.17) is 21.7 Å². The fraction of sp³-hybridized carbons (Fsp3) is 0.0741. The molecular weight excluding hydrogens is 609 g/mol. The molecule has 1 aliphatic rings. The van der Waals surface area contributed by atoms with Crippen molar-refractivity contribution in [3.63, 3.8) is 0 Å². The van der Waals surface area contributed by atoms with Crippen LogP contribution in [0, 0.1) is 5.82 Å². The number of carboxylic acids is 1. The van der Waals surface area contributed by atoms with Gasteiger partial charge < -0.3 is 19.9 Å². The molecule has 13 heteroatoms. The Morgan fingerprint density at radius 2 is 1.85 bits per heavy atom. The van der Waals surface area contributed by atoms with Gasteiger partial charge in [-0.3, -0.25) is 24.6 Å². The minimum absolute atomic E-state index is 0.0649. The van der Waals surface area contributed by atoms with Crippen LogP contribution in [0.3, 0.4) is 0 Å². The number of hydrogen-bond donors (Lipinski definition) is 3. The van der Waals surface area contributed by atoms with Crippen molar-refractivity contribution in [1.82, 2.24) is 5.32 Å². The smallest absolute Gasteiger partial charge is 0.335 e. The van der Waals surface area contributed by atoms with E-state index in [1.807, 2.05) is 0 Å². The molecule has 0 aliphatic carbocycles. The van der Waals surface area contributed by atoms with Gasteiger partial charge in [0.1, 0.15) is 11.4 Å². The van der Waals surface area contributed by atoms with Gasteiger partial charge in [0.15, 0.2) is 23.2 Å². The summed E-state index contributed by atoms with van der Waals surface area (Å²) in [6.45, 7) is -0.386. The Bertz CT molecular complexity index is 1580. The molecule has 40 heavy (non-hydrogen) atoms. The van der Waals surface area contributed by atoms with Crippen LogP contribution in [0.2, 0.25) is 0 Å². The van der Waals surface area contributed by atoms with Crippen molar-refractivity contribution in [3.05, 3.63) is 87.7 Å². The Balaban J connectivity index is 1.57. The number of anilines is 2. The molecule has 3 aromatic carbocycles. The molecule has 1 saturated heterocycles. The van der Waals surface area contributed by atoms with E-state index in [0.717, 1.165) is 4.90 Å². The van der Waals surface area contributed by atoms with Crippen molar-refractivity contribution >= 4 is 74.4 Å². The topological polar surface area (TPSA) is 134 Å². The highest BCUT2D eigenvalue weighted by Gasteiger charge is 2.35. The number of halogens is 2. The first-order chi connectivity index (χ1) is 19.1. The molecule has 0 unspecified atom stereocenters. The molecule has 204 valence electrons. The lowest BCUT2D eigenvalue weighted by molar-refractivity contribution is -0.122. The first-order valence-corrected chi connectivity index (χ1v) is 12.6. The van der Waals surface area contributed by atoms with Gasteiger partial charge in [-0.2, -0.15) is 0 Å². The van der Waals surface area contributed by atoms with Crippen molar-refractivity contribution in [2.75, 3.05) is 23.9 Å². The highest BCUT2D eigenvalue weighted by molar-refractivity contribution is 9.10. The number of thiocarbonyl (C=S) groups is 1. The summed E-state index contributed by atoms with van der Waals surface area (Å²) in [7, 11) is 1.37. The van der Waals surface area contributed by atoms with Crippen LogP contribution in [0.15, 0.2) is 70.7 Å². The first-order valence-electron chi connectivity index (χ1n) is 11.4. The third kappa shape index (κ3) is 6.33. The van der Waals surface area contributed by atoms with Crippen LogP contribution in [0.1, 0.15) is 15.9 Å². The predicted octanol–water partition coefficient (Wildman–Crippen LogP) is 4.14. The number of hydrogen-bond acceptors (Lipinski definition) is 7. The maximum absolute atomic E-state index is 13.3. The number of carbonyl (C=O) groups excluding carboxylic acids is 3. The van der Waals surface area contributed by atoms with E-state index in [2.05, 4.69) is 26.6 Å². The monoisotopic (exact) mass is 627 g/mol. The van der Waals surface area contributed by atoms with Gasteiger partial charge in [0.2, 0.25) is 0 Å². The highest BCUT2D eigenvalue weighted by atomic mass is 79.9. The number of carbonyl (C=O) groups is 4. The minimum Gasteiger partial charge on any atom is -0.493 e. The number of amides is 3. The van der Waals surface area contributed by atoms with Gasteiger partial charge in [0, 0.05) is 10.2 Å². The summed E-state index contributed by atoms with van der Waals surface area (Å²) < 4.78 is 24.4. The molecule has 0 atom stereocenters. The molecule has 0 saturated carbocycles. The second-order valence-corrected chi connectivity index (χ2v) is 9.42. The average Bonchev–Trinajstić information content (AvgIpc) is 2.92. The van der Waals surface area contributed by atoms with Crippen molar-refractivity contribution < 1.29 is 38.1 Å². The van der Waals surface area contributed by atoms with E-state index < -0.39 is 29.5 Å². The Labute approximate surface area is 240 Å². The third-order valence-corrected chi connectivity index (χ3v) is 6.49. The molecule has 1 aliphatic heterocycles. The van der Waals surface area contributed by atoms with Crippen LogP contribution >= 0.6 is 28.1 Å². The van der Waals surface area contributed by atoms with Gasteiger partial charge in [-0.25, -0.2) is 9.18 Å². The van der Waals surface area contributed by atoms with E-state index in [0.29, 0.717) is 15.7 Å². The second-order valence-electron chi connectivity index (χ2n) is 8.18. The average molecular weight is 628 g/mol. The van der Waals surface area contributed by atoms with E-state index in [9.17, 15) is 28.7 Å². The lowest BCUT2D eigenvalue weighted by atomic mass is 10.1. The Morgan fingerprint density at radius 1 is 1.12 bits per heavy atom. The molecule has 1 fully saturated rings. The molecule has 0 radical (unpaired) electrons. The van der Waals surface area contributed by atoms with E-state index >= 15 is 0 Å². The summed E-state index contributed by atoms with van der Waals surface area (Å²) in [6.07, 6.45) is 1.31. The molecule has 4 rings (SSSR count). The zero-order chi connectivity index (χ0) is 29.0. The van der Waals surface area contributed by atoms with Gasteiger partial charge in [-0.15, -0.1) is 0 Å². The van der Waals surface area contributed by atoms with Crippen LogP contribution < -0.4 is 25.0 Å². The van der Waals surface area contributed by atoms with E-state index in [-0.39, 0.29) is 40.0 Å². The van der Waals surface area contributed by atoms with Crippen molar-refractivity contribution in [3.8, 4) is 11.5 Å². The highest BCUT2D eigenvalue weighted by Crippen LogP contribution is 2.35. The number of nitrogens with one attached hydrogen (secondary N) is 2. The number of nitrogens with zero attached hydrogens (tertiary/aromatic N) is 1. The third-order valence-electron chi connectivity index (χ3n) is 5.52.